The van der Waals surface area contributed by atoms with Crippen LogP contribution in [0.2, 0.25) is 0 Å². The maximum atomic E-state index is 5.00. The highest BCUT2D eigenvalue weighted by molar-refractivity contribution is 5.55. The Morgan fingerprint density at radius 3 is 1.95 bits per heavy atom. The van der Waals surface area contributed by atoms with Crippen molar-refractivity contribution in [3.8, 4) is 0 Å². The Balaban J connectivity index is 0. The van der Waals surface area contributed by atoms with E-state index < -0.39 is 0 Å². The summed E-state index contributed by atoms with van der Waals surface area (Å²) in [6, 6.07) is 3.74. The molecular formula is C18H35NO. The van der Waals surface area contributed by atoms with Gasteiger partial charge < -0.3 is 9.32 Å². The van der Waals surface area contributed by atoms with E-state index in [0.29, 0.717) is 0 Å². The molecule has 0 aromatic carbocycles. The largest absolute Gasteiger partial charge is 0.465 e. The molecule has 0 amide bonds. The van der Waals surface area contributed by atoms with Gasteiger partial charge in [-0.2, -0.15) is 0 Å². The molecule has 0 aliphatic carbocycles. The van der Waals surface area contributed by atoms with Crippen LogP contribution in [-0.4, -0.2) is 25.0 Å². The number of piperidine rings is 1. The predicted molar refractivity (Wildman–Crippen MR) is 92.0 cm³/mol. The van der Waals surface area contributed by atoms with E-state index >= 15 is 0 Å². The predicted octanol–water partition coefficient (Wildman–Crippen LogP) is 5.71. The van der Waals surface area contributed by atoms with Crippen molar-refractivity contribution < 1.29 is 4.42 Å². The second-order valence-corrected chi connectivity index (χ2v) is 4.74. The van der Waals surface area contributed by atoms with Crippen LogP contribution in [-0.2, 0) is 0 Å². The van der Waals surface area contributed by atoms with E-state index in [1.165, 1.54) is 25.9 Å². The number of furan rings is 1. The lowest BCUT2D eigenvalue weighted by molar-refractivity contribution is 0.230. The van der Waals surface area contributed by atoms with Crippen LogP contribution >= 0.6 is 0 Å². The second-order valence-electron chi connectivity index (χ2n) is 4.74. The quantitative estimate of drug-likeness (QED) is 0.655. The number of hydrogen-bond acceptors (Lipinski definition) is 2. The SMILES string of the molecule is C=C(C)c1ccco1.CC.CC.CC1CCN(C)CC1. The van der Waals surface area contributed by atoms with Crippen LogP contribution in [0, 0.1) is 5.92 Å². The Labute approximate surface area is 126 Å². The zero-order chi connectivity index (χ0) is 16.0. The summed E-state index contributed by atoms with van der Waals surface area (Å²) in [6.07, 6.45) is 4.44. The summed E-state index contributed by atoms with van der Waals surface area (Å²) in [4.78, 5) is 2.40. The molecule has 1 saturated heterocycles. The fourth-order valence-electron chi connectivity index (χ4n) is 1.66. The highest BCUT2D eigenvalue weighted by Crippen LogP contribution is 2.13. The summed E-state index contributed by atoms with van der Waals surface area (Å²) in [5, 5.41) is 0. The molecular weight excluding hydrogens is 246 g/mol. The number of allylic oxidation sites excluding steroid dienone is 1. The summed E-state index contributed by atoms with van der Waals surface area (Å²) in [5.74, 6) is 1.84. The minimum atomic E-state index is 0.866. The third-order valence-electron chi connectivity index (χ3n) is 2.95. The maximum absolute atomic E-state index is 5.00. The van der Waals surface area contributed by atoms with Gasteiger partial charge in [-0.05, 0) is 63.5 Å². The van der Waals surface area contributed by atoms with Gasteiger partial charge in [-0.1, -0.05) is 41.2 Å². The van der Waals surface area contributed by atoms with Crippen molar-refractivity contribution in [2.75, 3.05) is 20.1 Å². The van der Waals surface area contributed by atoms with Crippen LogP contribution in [0.3, 0.4) is 0 Å². The molecule has 2 nitrogen and oxygen atoms in total. The van der Waals surface area contributed by atoms with E-state index in [-0.39, 0.29) is 0 Å². The molecule has 2 heteroatoms. The van der Waals surface area contributed by atoms with E-state index in [4.69, 9.17) is 4.42 Å². The first-order valence-corrected chi connectivity index (χ1v) is 7.97. The molecule has 0 bridgehead atoms. The molecule has 0 spiro atoms. The molecule has 0 atom stereocenters. The average molecular weight is 281 g/mol. The van der Waals surface area contributed by atoms with Gasteiger partial charge >= 0.3 is 0 Å². The lowest BCUT2D eigenvalue weighted by atomic mass is 10.00. The van der Waals surface area contributed by atoms with Gasteiger partial charge in [0.1, 0.15) is 5.76 Å². The Morgan fingerprint density at radius 2 is 1.70 bits per heavy atom. The van der Waals surface area contributed by atoms with E-state index in [2.05, 4.69) is 25.5 Å². The molecule has 1 aliphatic rings. The van der Waals surface area contributed by atoms with Gasteiger partial charge in [0.15, 0.2) is 0 Å². The van der Waals surface area contributed by atoms with E-state index in [1.807, 2.05) is 46.8 Å². The highest BCUT2D eigenvalue weighted by atomic mass is 16.3. The highest BCUT2D eigenvalue weighted by Gasteiger charge is 2.10. The Kier molecular flexibility index (Phi) is 15.3. The zero-order valence-electron chi connectivity index (χ0n) is 14.7. The fourth-order valence-corrected chi connectivity index (χ4v) is 1.66. The molecule has 0 N–H and O–H groups in total. The number of hydrogen-bond donors (Lipinski definition) is 0. The Bertz CT molecular complexity index is 285. The minimum Gasteiger partial charge on any atom is -0.465 e. The monoisotopic (exact) mass is 281 g/mol. The molecule has 0 radical (unpaired) electrons. The molecule has 118 valence electrons. The number of rotatable bonds is 1. The zero-order valence-corrected chi connectivity index (χ0v) is 14.7. The first-order valence-electron chi connectivity index (χ1n) is 7.97. The van der Waals surface area contributed by atoms with E-state index in [9.17, 15) is 0 Å². The van der Waals surface area contributed by atoms with Crippen LogP contribution < -0.4 is 0 Å². The van der Waals surface area contributed by atoms with E-state index in [0.717, 1.165) is 17.3 Å². The van der Waals surface area contributed by atoms with Crippen molar-refractivity contribution in [3.05, 3.63) is 30.7 Å². The smallest absolute Gasteiger partial charge is 0.128 e. The second kappa shape index (κ2) is 14.4. The normalized spacial score (nSPS) is 14.8. The average Bonchev–Trinajstić information content (AvgIpc) is 3.02. The molecule has 2 heterocycles. The first kappa shape index (κ1) is 21.3. The standard InChI is InChI=1S/C7H15N.C7H8O.2C2H6/c1-7-3-5-8(2)6-4-7;1-6(2)7-4-3-5-8-7;2*1-2/h7H,3-6H2,1-2H3;3-5H,1H2,2H3;2*1-2H3. The van der Waals surface area contributed by atoms with Crippen molar-refractivity contribution in [2.45, 2.75) is 54.4 Å². The molecule has 1 aromatic heterocycles. The fraction of sp³-hybridized carbons (Fsp3) is 0.667. The van der Waals surface area contributed by atoms with Gasteiger partial charge in [-0.3, -0.25) is 0 Å². The maximum Gasteiger partial charge on any atom is 0.128 e. The molecule has 0 saturated carbocycles. The van der Waals surface area contributed by atoms with Crippen molar-refractivity contribution in [1.82, 2.24) is 4.90 Å². The van der Waals surface area contributed by atoms with Crippen molar-refractivity contribution in [3.63, 3.8) is 0 Å². The van der Waals surface area contributed by atoms with Gasteiger partial charge in [0, 0.05) is 0 Å². The molecule has 0 unspecified atom stereocenters. The van der Waals surface area contributed by atoms with Crippen molar-refractivity contribution >= 4 is 5.57 Å². The Morgan fingerprint density at radius 1 is 1.20 bits per heavy atom. The molecule has 1 aromatic rings. The summed E-state index contributed by atoms with van der Waals surface area (Å²) in [5.41, 5.74) is 0.968. The summed E-state index contributed by atoms with van der Waals surface area (Å²) >= 11 is 0. The summed E-state index contributed by atoms with van der Waals surface area (Å²) in [6.45, 7) is 18.6. The van der Waals surface area contributed by atoms with Gasteiger partial charge in [0.05, 0.1) is 6.26 Å². The van der Waals surface area contributed by atoms with Crippen LogP contribution in [0.25, 0.3) is 5.57 Å². The minimum absolute atomic E-state index is 0.866. The molecule has 20 heavy (non-hydrogen) atoms. The van der Waals surface area contributed by atoms with Crippen LogP contribution in [0.4, 0.5) is 0 Å². The van der Waals surface area contributed by atoms with Crippen molar-refractivity contribution in [2.24, 2.45) is 5.92 Å². The van der Waals surface area contributed by atoms with Crippen LogP contribution in [0.1, 0.15) is 60.1 Å². The van der Waals surface area contributed by atoms with E-state index in [1.54, 1.807) is 6.26 Å². The third-order valence-corrected chi connectivity index (χ3v) is 2.95. The molecule has 1 aliphatic heterocycles. The number of likely N-dealkylation sites (tertiary alicyclic amines) is 1. The van der Waals surface area contributed by atoms with Gasteiger partial charge in [0.2, 0.25) is 0 Å². The van der Waals surface area contributed by atoms with Crippen LogP contribution in [0.15, 0.2) is 29.4 Å². The number of nitrogens with zero attached hydrogens (tertiary/aromatic N) is 1. The summed E-state index contributed by atoms with van der Waals surface area (Å²) < 4.78 is 5.00. The van der Waals surface area contributed by atoms with Gasteiger partial charge in [-0.15, -0.1) is 0 Å². The Hall–Kier alpha value is -1.02. The topological polar surface area (TPSA) is 16.4 Å². The van der Waals surface area contributed by atoms with Crippen LogP contribution in [0.5, 0.6) is 0 Å². The third kappa shape index (κ3) is 10.9. The molecule has 1 fully saturated rings. The van der Waals surface area contributed by atoms with Gasteiger partial charge in [-0.25, -0.2) is 0 Å². The summed E-state index contributed by atoms with van der Waals surface area (Å²) in [7, 11) is 2.20. The van der Waals surface area contributed by atoms with Crippen molar-refractivity contribution in [1.29, 1.82) is 0 Å². The lowest BCUT2D eigenvalue weighted by Crippen LogP contribution is -2.28. The first-order chi connectivity index (χ1) is 9.59. The lowest BCUT2D eigenvalue weighted by Gasteiger charge is -2.26. The van der Waals surface area contributed by atoms with Gasteiger partial charge in [0.25, 0.3) is 0 Å². The molecule has 2 rings (SSSR count).